The first-order valence-electron chi connectivity index (χ1n) is 8.50. The van der Waals surface area contributed by atoms with Crippen LogP contribution in [0.5, 0.6) is 5.75 Å². The lowest BCUT2D eigenvalue weighted by molar-refractivity contribution is -0.153. The van der Waals surface area contributed by atoms with Crippen LogP contribution >= 0.6 is 0 Å². The fourth-order valence-corrected chi connectivity index (χ4v) is 3.57. The summed E-state index contributed by atoms with van der Waals surface area (Å²) in [5.41, 5.74) is 0. The van der Waals surface area contributed by atoms with Crippen LogP contribution < -0.4 is 10.1 Å². The van der Waals surface area contributed by atoms with Crippen LogP contribution in [0.4, 0.5) is 0 Å². The minimum absolute atomic E-state index is 0.0470. The smallest absolute Gasteiger partial charge is 0.261 e. The van der Waals surface area contributed by atoms with Gasteiger partial charge in [-0.25, -0.2) is 0 Å². The third-order valence-corrected chi connectivity index (χ3v) is 4.76. The van der Waals surface area contributed by atoms with E-state index < -0.39 is 6.04 Å². The van der Waals surface area contributed by atoms with Crippen LogP contribution in [0.15, 0.2) is 30.3 Å². The predicted octanol–water partition coefficient (Wildman–Crippen LogP) is 0.402. The Morgan fingerprint density at radius 3 is 2.64 bits per heavy atom. The SMILES string of the molecule is CC(=O)N[C@H]1C[C@H]2CN(C(=O)COc3ccccc3)[C@@H](C)C(=O)N2C1. The van der Waals surface area contributed by atoms with E-state index in [1.54, 1.807) is 28.9 Å². The molecular weight excluding hydrogens is 322 g/mol. The topological polar surface area (TPSA) is 79.0 Å². The van der Waals surface area contributed by atoms with E-state index >= 15 is 0 Å². The second kappa shape index (κ2) is 7.13. The van der Waals surface area contributed by atoms with Crippen molar-refractivity contribution >= 4 is 17.7 Å². The van der Waals surface area contributed by atoms with Gasteiger partial charge >= 0.3 is 0 Å². The molecule has 7 nitrogen and oxygen atoms in total. The Morgan fingerprint density at radius 1 is 1.24 bits per heavy atom. The standard InChI is InChI=1S/C18H23N3O4/c1-12-18(24)21-9-14(19-13(2)22)8-15(21)10-20(12)17(23)11-25-16-6-4-3-5-7-16/h3-7,12,14-15H,8-11H2,1-2H3,(H,19,22)/t12-,14-,15-/m0/s1. The maximum Gasteiger partial charge on any atom is 0.261 e. The minimum atomic E-state index is -0.515. The van der Waals surface area contributed by atoms with Gasteiger partial charge in [-0.1, -0.05) is 18.2 Å². The lowest BCUT2D eigenvalue weighted by atomic mass is 10.1. The summed E-state index contributed by atoms with van der Waals surface area (Å²) in [7, 11) is 0. The van der Waals surface area contributed by atoms with Crippen LogP contribution in [0.25, 0.3) is 0 Å². The molecule has 2 aliphatic rings. The summed E-state index contributed by atoms with van der Waals surface area (Å²) in [6.45, 7) is 4.10. The van der Waals surface area contributed by atoms with Gasteiger partial charge in [0.25, 0.3) is 5.91 Å². The number of hydrogen-bond donors (Lipinski definition) is 1. The molecule has 3 amide bonds. The van der Waals surface area contributed by atoms with Crippen molar-refractivity contribution in [2.24, 2.45) is 0 Å². The second-order valence-corrected chi connectivity index (χ2v) is 6.60. The third-order valence-electron chi connectivity index (χ3n) is 4.76. The van der Waals surface area contributed by atoms with Gasteiger partial charge in [0.15, 0.2) is 6.61 Å². The van der Waals surface area contributed by atoms with Gasteiger partial charge in [-0.2, -0.15) is 0 Å². The fraction of sp³-hybridized carbons (Fsp3) is 0.500. The van der Waals surface area contributed by atoms with Crippen LogP contribution in [0.3, 0.4) is 0 Å². The Morgan fingerprint density at radius 2 is 1.96 bits per heavy atom. The van der Waals surface area contributed by atoms with Gasteiger partial charge in [0, 0.05) is 26.1 Å². The Bertz CT molecular complexity index is 664. The van der Waals surface area contributed by atoms with Crippen molar-refractivity contribution in [2.75, 3.05) is 19.7 Å². The highest BCUT2D eigenvalue weighted by molar-refractivity contribution is 5.89. The number of amides is 3. The summed E-state index contributed by atoms with van der Waals surface area (Å²) < 4.78 is 5.52. The van der Waals surface area contributed by atoms with E-state index in [1.807, 2.05) is 18.2 Å². The molecular formula is C18H23N3O4. The number of nitrogens with one attached hydrogen (secondary N) is 1. The summed E-state index contributed by atoms with van der Waals surface area (Å²) in [4.78, 5) is 39.8. The predicted molar refractivity (Wildman–Crippen MR) is 90.8 cm³/mol. The van der Waals surface area contributed by atoms with E-state index in [-0.39, 0.29) is 36.4 Å². The van der Waals surface area contributed by atoms with Crippen molar-refractivity contribution in [3.05, 3.63) is 30.3 Å². The van der Waals surface area contributed by atoms with Crippen LogP contribution in [0, 0.1) is 0 Å². The number of para-hydroxylation sites is 1. The van der Waals surface area contributed by atoms with Crippen molar-refractivity contribution < 1.29 is 19.1 Å². The highest BCUT2D eigenvalue weighted by Gasteiger charge is 2.45. The number of carbonyl (C=O) groups excluding carboxylic acids is 3. The summed E-state index contributed by atoms with van der Waals surface area (Å²) >= 11 is 0. The van der Waals surface area contributed by atoms with Gasteiger partial charge in [0.1, 0.15) is 11.8 Å². The van der Waals surface area contributed by atoms with E-state index in [2.05, 4.69) is 5.32 Å². The van der Waals surface area contributed by atoms with Crippen LogP contribution in [0.2, 0.25) is 0 Å². The normalized spacial score (nSPS) is 25.5. The molecule has 0 saturated carbocycles. The molecule has 7 heteroatoms. The van der Waals surface area contributed by atoms with Crippen molar-refractivity contribution in [3.8, 4) is 5.75 Å². The summed E-state index contributed by atoms with van der Waals surface area (Å²) in [5, 5.41) is 2.86. The van der Waals surface area contributed by atoms with E-state index in [0.717, 1.165) is 0 Å². The zero-order valence-electron chi connectivity index (χ0n) is 14.5. The van der Waals surface area contributed by atoms with Crippen molar-refractivity contribution in [1.82, 2.24) is 15.1 Å². The van der Waals surface area contributed by atoms with Gasteiger partial charge in [0.05, 0.1) is 6.04 Å². The quantitative estimate of drug-likeness (QED) is 0.857. The maximum atomic E-state index is 12.6. The lowest BCUT2D eigenvalue weighted by Gasteiger charge is -2.41. The molecule has 2 heterocycles. The van der Waals surface area contributed by atoms with Crippen molar-refractivity contribution in [1.29, 1.82) is 0 Å². The molecule has 0 bridgehead atoms. The van der Waals surface area contributed by atoms with Gasteiger partial charge in [-0.05, 0) is 25.5 Å². The molecule has 1 aromatic carbocycles. The van der Waals surface area contributed by atoms with E-state index in [4.69, 9.17) is 4.74 Å². The molecule has 0 unspecified atom stereocenters. The average Bonchev–Trinajstić information content (AvgIpc) is 2.99. The number of hydrogen-bond acceptors (Lipinski definition) is 4. The number of nitrogens with zero attached hydrogens (tertiary/aromatic N) is 2. The van der Waals surface area contributed by atoms with Crippen LogP contribution in [-0.2, 0) is 14.4 Å². The van der Waals surface area contributed by atoms with Crippen LogP contribution in [-0.4, -0.2) is 65.3 Å². The summed E-state index contributed by atoms with van der Waals surface area (Å²) in [6, 6.07) is 8.51. The molecule has 25 heavy (non-hydrogen) atoms. The molecule has 2 aliphatic heterocycles. The number of benzene rings is 1. The number of rotatable bonds is 4. The fourth-order valence-electron chi connectivity index (χ4n) is 3.57. The second-order valence-electron chi connectivity index (χ2n) is 6.60. The molecule has 1 aromatic rings. The highest BCUT2D eigenvalue weighted by atomic mass is 16.5. The van der Waals surface area contributed by atoms with E-state index in [9.17, 15) is 14.4 Å². The monoisotopic (exact) mass is 345 g/mol. The average molecular weight is 345 g/mol. The Hall–Kier alpha value is -2.57. The molecule has 134 valence electrons. The van der Waals surface area contributed by atoms with E-state index in [1.165, 1.54) is 6.92 Å². The van der Waals surface area contributed by atoms with Gasteiger partial charge in [0.2, 0.25) is 11.8 Å². The lowest BCUT2D eigenvalue weighted by Crippen LogP contribution is -2.60. The first-order valence-corrected chi connectivity index (χ1v) is 8.50. The largest absolute Gasteiger partial charge is 0.484 e. The maximum absolute atomic E-state index is 12.6. The zero-order chi connectivity index (χ0) is 18.0. The third kappa shape index (κ3) is 3.75. The molecule has 0 spiro atoms. The van der Waals surface area contributed by atoms with Gasteiger partial charge in [-0.3, -0.25) is 14.4 Å². The van der Waals surface area contributed by atoms with Gasteiger partial charge in [-0.15, -0.1) is 0 Å². The summed E-state index contributed by atoms with van der Waals surface area (Å²) in [5.74, 6) is 0.249. The summed E-state index contributed by atoms with van der Waals surface area (Å²) in [6.07, 6.45) is 0.668. The Kier molecular flexibility index (Phi) is 4.92. The molecule has 0 radical (unpaired) electrons. The molecule has 2 saturated heterocycles. The molecule has 3 atom stereocenters. The minimum Gasteiger partial charge on any atom is -0.484 e. The molecule has 1 N–H and O–H groups in total. The number of fused-ring (bicyclic) bond motifs is 1. The van der Waals surface area contributed by atoms with Crippen molar-refractivity contribution in [3.63, 3.8) is 0 Å². The van der Waals surface area contributed by atoms with Crippen molar-refractivity contribution in [2.45, 2.75) is 38.4 Å². The Labute approximate surface area is 146 Å². The number of carbonyl (C=O) groups is 3. The first kappa shape index (κ1) is 17.3. The highest BCUT2D eigenvalue weighted by Crippen LogP contribution is 2.26. The zero-order valence-corrected chi connectivity index (χ0v) is 14.5. The number of ether oxygens (including phenoxy) is 1. The first-order chi connectivity index (χ1) is 12.0. The van der Waals surface area contributed by atoms with E-state index in [0.29, 0.717) is 25.3 Å². The van der Waals surface area contributed by atoms with Crippen LogP contribution in [0.1, 0.15) is 20.3 Å². The molecule has 0 aliphatic carbocycles. The molecule has 0 aromatic heterocycles. The van der Waals surface area contributed by atoms with Gasteiger partial charge < -0.3 is 19.9 Å². The number of piperazine rings is 1. The molecule has 3 rings (SSSR count). The Balaban J connectivity index is 1.62. The molecule has 2 fully saturated rings.